The Hall–Kier alpha value is -0.820. The van der Waals surface area contributed by atoms with Crippen LogP contribution in [0.2, 0.25) is 0 Å². The fourth-order valence-corrected chi connectivity index (χ4v) is 1.68. The molecule has 1 saturated carbocycles. The van der Waals surface area contributed by atoms with Gasteiger partial charge in [-0.25, -0.2) is 0 Å². The molecule has 0 saturated heterocycles. The predicted octanol–water partition coefficient (Wildman–Crippen LogP) is 2.37. The molecule has 1 N–H and O–H groups in total. The Bertz CT molecular complexity index is 239. The average molecular weight is 175 g/mol. The van der Waals surface area contributed by atoms with E-state index in [-0.39, 0.29) is 0 Å². The Balaban J connectivity index is 1.67. The summed E-state index contributed by atoms with van der Waals surface area (Å²) < 4.78 is 0. The van der Waals surface area contributed by atoms with Crippen molar-refractivity contribution in [3.05, 3.63) is 35.9 Å². The Morgan fingerprint density at radius 1 is 1.15 bits per heavy atom. The minimum Gasteiger partial charge on any atom is -0.314 e. The van der Waals surface area contributed by atoms with E-state index in [0.717, 1.165) is 19.0 Å². The highest BCUT2D eigenvalue weighted by Crippen LogP contribution is 2.17. The van der Waals surface area contributed by atoms with Crippen LogP contribution < -0.4 is 5.32 Å². The summed E-state index contributed by atoms with van der Waals surface area (Å²) in [5.41, 5.74) is 1.44. The molecule has 1 nitrogen and oxygen atoms in total. The molecule has 0 aliphatic heterocycles. The molecule has 0 spiro atoms. The van der Waals surface area contributed by atoms with E-state index in [0.29, 0.717) is 0 Å². The van der Waals surface area contributed by atoms with Crippen molar-refractivity contribution < 1.29 is 0 Å². The van der Waals surface area contributed by atoms with Gasteiger partial charge in [-0.15, -0.1) is 0 Å². The second kappa shape index (κ2) is 4.43. The maximum absolute atomic E-state index is 3.57. The number of hydrogen-bond acceptors (Lipinski definition) is 1. The predicted molar refractivity (Wildman–Crippen MR) is 55.8 cm³/mol. The van der Waals surface area contributed by atoms with Crippen LogP contribution in [0.15, 0.2) is 30.3 Å². The lowest BCUT2D eigenvalue weighted by atomic mass is 9.93. The highest BCUT2D eigenvalue weighted by molar-refractivity contribution is 5.14. The number of benzene rings is 1. The van der Waals surface area contributed by atoms with E-state index in [9.17, 15) is 0 Å². The second-order valence-electron chi connectivity index (χ2n) is 3.82. The summed E-state index contributed by atoms with van der Waals surface area (Å²) in [5, 5.41) is 3.57. The summed E-state index contributed by atoms with van der Waals surface area (Å²) in [6, 6.07) is 11.5. The van der Waals surface area contributed by atoms with Gasteiger partial charge in [-0.2, -0.15) is 0 Å². The topological polar surface area (TPSA) is 12.0 Å². The second-order valence-corrected chi connectivity index (χ2v) is 3.82. The van der Waals surface area contributed by atoms with Crippen LogP contribution in [0.5, 0.6) is 0 Å². The molecule has 1 aromatic carbocycles. The molecule has 0 atom stereocenters. The van der Waals surface area contributed by atoms with E-state index in [1.165, 1.54) is 24.8 Å². The van der Waals surface area contributed by atoms with Gasteiger partial charge in [0.15, 0.2) is 0 Å². The quantitative estimate of drug-likeness (QED) is 0.740. The molecule has 0 aromatic heterocycles. The van der Waals surface area contributed by atoms with Crippen LogP contribution in [0.4, 0.5) is 0 Å². The third-order valence-electron chi connectivity index (χ3n) is 2.79. The number of nitrogens with one attached hydrogen (secondary N) is 1. The van der Waals surface area contributed by atoms with Crippen molar-refractivity contribution in [2.75, 3.05) is 6.54 Å². The van der Waals surface area contributed by atoms with Crippen LogP contribution in [0.3, 0.4) is 0 Å². The summed E-state index contributed by atoms with van der Waals surface area (Å²) in [4.78, 5) is 0. The van der Waals surface area contributed by atoms with Crippen LogP contribution in [0.25, 0.3) is 0 Å². The van der Waals surface area contributed by atoms with Crippen LogP contribution >= 0.6 is 0 Å². The zero-order valence-corrected chi connectivity index (χ0v) is 8.00. The molecule has 0 heterocycles. The number of rotatable bonds is 4. The zero-order valence-electron chi connectivity index (χ0n) is 8.00. The van der Waals surface area contributed by atoms with E-state index >= 15 is 0 Å². The molecule has 0 bridgehead atoms. The maximum Gasteiger partial charge on any atom is 0.00672 e. The van der Waals surface area contributed by atoms with Gasteiger partial charge in [-0.3, -0.25) is 0 Å². The number of hydrogen-bond donors (Lipinski definition) is 1. The van der Waals surface area contributed by atoms with Gasteiger partial charge in [0.25, 0.3) is 0 Å². The SMILES string of the molecule is c1ccc(CCNC2CCC2)cc1. The van der Waals surface area contributed by atoms with E-state index in [4.69, 9.17) is 0 Å². The van der Waals surface area contributed by atoms with Gasteiger partial charge in [-0.05, 0) is 31.4 Å². The highest BCUT2D eigenvalue weighted by atomic mass is 14.9. The molecular formula is C12H17N. The molecule has 0 radical (unpaired) electrons. The molecule has 1 aromatic rings. The van der Waals surface area contributed by atoms with Crippen LogP contribution in [-0.2, 0) is 6.42 Å². The lowest BCUT2D eigenvalue weighted by Gasteiger charge is -2.26. The first-order chi connectivity index (χ1) is 6.45. The summed E-state index contributed by atoms with van der Waals surface area (Å²) in [5.74, 6) is 0. The van der Waals surface area contributed by atoms with Gasteiger partial charge in [0.1, 0.15) is 0 Å². The van der Waals surface area contributed by atoms with Crippen molar-refractivity contribution in [2.45, 2.75) is 31.7 Å². The minimum absolute atomic E-state index is 0.823. The fourth-order valence-electron chi connectivity index (χ4n) is 1.68. The third kappa shape index (κ3) is 2.56. The zero-order chi connectivity index (χ0) is 8.93. The van der Waals surface area contributed by atoms with Crippen molar-refractivity contribution in [1.29, 1.82) is 0 Å². The van der Waals surface area contributed by atoms with Gasteiger partial charge in [0.05, 0.1) is 0 Å². The van der Waals surface area contributed by atoms with Gasteiger partial charge in [0, 0.05) is 6.04 Å². The molecule has 13 heavy (non-hydrogen) atoms. The third-order valence-corrected chi connectivity index (χ3v) is 2.79. The largest absolute Gasteiger partial charge is 0.314 e. The molecule has 0 amide bonds. The maximum atomic E-state index is 3.57. The van der Waals surface area contributed by atoms with Gasteiger partial charge >= 0.3 is 0 Å². The van der Waals surface area contributed by atoms with Gasteiger partial charge in [0.2, 0.25) is 0 Å². The van der Waals surface area contributed by atoms with Crippen molar-refractivity contribution in [2.24, 2.45) is 0 Å². The van der Waals surface area contributed by atoms with Gasteiger partial charge in [-0.1, -0.05) is 36.8 Å². The van der Waals surface area contributed by atoms with Crippen molar-refractivity contribution in [1.82, 2.24) is 5.32 Å². The first-order valence-electron chi connectivity index (χ1n) is 5.22. The molecule has 1 aliphatic rings. The first kappa shape index (κ1) is 8.76. The van der Waals surface area contributed by atoms with Crippen LogP contribution in [0.1, 0.15) is 24.8 Å². The normalized spacial score (nSPS) is 16.9. The van der Waals surface area contributed by atoms with Crippen molar-refractivity contribution in [3.63, 3.8) is 0 Å². The molecule has 1 heteroatoms. The Morgan fingerprint density at radius 3 is 2.54 bits per heavy atom. The van der Waals surface area contributed by atoms with E-state index in [1.807, 2.05) is 0 Å². The summed E-state index contributed by atoms with van der Waals surface area (Å²) in [7, 11) is 0. The summed E-state index contributed by atoms with van der Waals surface area (Å²) >= 11 is 0. The van der Waals surface area contributed by atoms with Gasteiger partial charge < -0.3 is 5.32 Å². The van der Waals surface area contributed by atoms with E-state index in [1.54, 1.807) is 0 Å². The van der Waals surface area contributed by atoms with Crippen molar-refractivity contribution >= 4 is 0 Å². The molecule has 2 rings (SSSR count). The molecular weight excluding hydrogens is 158 g/mol. The minimum atomic E-state index is 0.823. The molecule has 1 fully saturated rings. The molecule has 0 unspecified atom stereocenters. The standard InChI is InChI=1S/C12H17N/c1-2-5-11(6-3-1)9-10-13-12-7-4-8-12/h1-3,5-6,12-13H,4,7-10H2. The summed E-state index contributed by atoms with van der Waals surface area (Å²) in [6.07, 6.45) is 5.35. The van der Waals surface area contributed by atoms with Crippen LogP contribution in [0, 0.1) is 0 Å². The first-order valence-corrected chi connectivity index (χ1v) is 5.22. The lowest BCUT2D eigenvalue weighted by Crippen LogP contribution is -2.36. The monoisotopic (exact) mass is 175 g/mol. The molecule has 70 valence electrons. The molecule has 1 aliphatic carbocycles. The Morgan fingerprint density at radius 2 is 1.92 bits per heavy atom. The smallest absolute Gasteiger partial charge is 0.00672 e. The Labute approximate surface area is 80.2 Å². The summed E-state index contributed by atoms with van der Waals surface area (Å²) in [6.45, 7) is 1.13. The highest BCUT2D eigenvalue weighted by Gasteiger charge is 2.15. The fraction of sp³-hybridized carbons (Fsp3) is 0.500. The van der Waals surface area contributed by atoms with E-state index < -0.39 is 0 Å². The lowest BCUT2D eigenvalue weighted by molar-refractivity contribution is 0.342. The van der Waals surface area contributed by atoms with Crippen LogP contribution in [-0.4, -0.2) is 12.6 Å². The van der Waals surface area contributed by atoms with Crippen molar-refractivity contribution in [3.8, 4) is 0 Å². The average Bonchev–Trinajstić information content (AvgIpc) is 2.11. The Kier molecular flexibility index (Phi) is 2.98. The van der Waals surface area contributed by atoms with E-state index in [2.05, 4.69) is 35.6 Å².